The van der Waals surface area contributed by atoms with Crippen LogP contribution in [0.25, 0.3) is 0 Å². The number of nitrogens with one attached hydrogen (secondary N) is 1. The fraction of sp³-hybridized carbons (Fsp3) is 0.600. The zero-order valence-electron chi connectivity index (χ0n) is 11.9. The number of hydrogen-bond acceptors (Lipinski definition) is 3. The molecule has 0 bridgehead atoms. The summed E-state index contributed by atoms with van der Waals surface area (Å²) in [6.07, 6.45) is 2.09. The van der Waals surface area contributed by atoms with E-state index in [1.807, 2.05) is 6.92 Å². The van der Waals surface area contributed by atoms with Gasteiger partial charge in [0.1, 0.15) is 23.8 Å². The van der Waals surface area contributed by atoms with Crippen LogP contribution in [0.5, 0.6) is 5.75 Å². The van der Waals surface area contributed by atoms with Gasteiger partial charge < -0.3 is 14.8 Å². The Kier molecular flexibility index (Phi) is 5.81. The van der Waals surface area contributed by atoms with Crippen LogP contribution < -0.4 is 10.1 Å². The lowest BCUT2D eigenvalue weighted by Crippen LogP contribution is -2.61. The average molecular weight is 346 g/mol. The van der Waals surface area contributed by atoms with E-state index in [2.05, 4.69) is 28.2 Å². The van der Waals surface area contributed by atoms with Crippen LogP contribution >= 0.6 is 15.9 Å². The lowest BCUT2D eigenvalue weighted by molar-refractivity contribution is -0.104. The predicted molar refractivity (Wildman–Crippen MR) is 80.6 cm³/mol. The van der Waals surface area contributed by atoms with E-state index in [1.54, 1.807) is 6.07 Å². The third kappa shape index (κ3) is 3.71. The number of hydrogen-bond donors (Lipinski definition) is 1. The minimum absolute atomic E-state index is 0.0195. The maximum absolute atomic E-state index is 13.1. The van der Waals surface area contributed by atoms with Crippen molar-refractivity contribution in [3.05, 3.63) is 28.5 Å². The molecule has 1 saturated carbocycles. The van der Waals surface area contributed by atoms with E-state index in [4.69, 9.17) is 9.47 Å². The van der Waals surface area contributed by atoms with Gasteiger partial charge in [0.25, 0.3) is 0 Å². The first-order valence-corrected chi connectivity index (χ1v) is 7.91. The molecule has 1 aromatic rings. The fourth-order valence-corrected chi connectivity index (χ4v) is 2.82. The van der Waals surface area contributed by atoms with Crippen LogP contribution in [0.3, 0.4) is 0 Å². The molecule has 1 N–H and O–H groups in total. The molecule has 0 amide bonds. The summed E-state index contributed by atoms with van der Waals surface area (Å²) >= 11 is 3.32. The van der Waals surface area contributed by atoms with E-state index in [9.17, 15) is 4.39 Å². The van der Waals surface area contributed by atoms with Crippen LogP contribution in [0.2, 0.25) is 0 Å². The van der Waals surface area contributed by atoms with Gasteiger partial charge in [-0.25, -0.2) is 4.39 Å². The van der Waals surface area contributed by atoms with Gasteiger partial charge in [0, 0.05) is 19.1 Å². The van der Waals surface area contributed by atoms with Gasteiger partial charge in [-0.1, -0.05) is 6.92 Å². The van der Waals surface area contributed by atoms with E-state index < -0.39 is 0 Å². The highest BCUT2D eigenvalue weighted by molar-refractivity contribution is 9.10. The molecule has 3 unspecified atom stereocenters. The van der Waals surface area contributed by atoms with Gasteiger partial charge in [-0.2, -0.15) is 0 Å². The first-order valence-electron chi connectivity index (χ1n) is 7.12. The summed E-state index contributed by atoms with van der Waals surface area (Å²) in [5, 5.41) is 3.47. The normalized spacial score (nSPS) is 25.3. The van der Waals surface area contributed by atoms with Crippen molar-refractivity contribution >= 4 is 15.9 Å². The third-order valence-electron chi connectivity index (χ3n) is 3.44. The second-order valence-corrected chi connectivity index (χ2v) is 5.80. The molecule has 1 aromatic carbocycles. The summed E-state index contributed by atoms with van der Waals surface area (Å²) in [4.78, 5) is 0. The first kappa shape index (κ1) is 15.7. The zero-order valence-corrected chi connectivity index (χ0v) is 13.5. The van der Waals surface area contributed by atoms with Gasteiger partial charge in [0.2, 0.25) is 0 Å². The minimum atomic E-state index is -0.276. The molecule has 1 fully saturated rings. The molecule has 3 nitrogen and oxygen atoms in total. The number of rotatable bonds is 7. The summed E-state index contributed by atoms with van der Waals surface area (Å²) in [6, 6.07) is 4.81. The van der Waals surface area contributed by atoms with Crippen molar-refractivity contribution in [1.82, 2.24) is 5.32 Å². The molecule has 0 aromatic heterocycles. The summed E-state index contributed by atoms with van der Waals surface area (Å²) in [5.41, 5.74) is 0. The highest BCUT2D eigenvalue weighted by atomic mass is 79.9. The summed E-state index contributed by atoms with van der Waals surface area (Å²) in [7, 11) is 0. The van der Waals surface area contributed by atoms with Crippen LogP contribution in [0.15, 0.2) is 22.7 Å². The molecule has 3 atom stereocenters. The van der Waals surface area contributed by atoms with Crippen LogP contribution in [0.4, 0.5) is 4.39 Å². The Morgan fingerprint density at radius 2 is 2.20 bits per heavy atom. The minimum Gasteiger partial charge on any atom is -0.486 e. The molecule has 0 spiro atoms. The molecule has 0 aliphatic heterocycles. The Balaban J connectivity index is 1.95. The van der Waals surface area contributed by atoms with E-state index >= 15 is 0 Å². The lowest BCUT2D eigenvalue weighted by atomic mass is 9.85. The standard InChI is InChI=1S/C15H21BrFNO2/c1-3-7-18-12-9-14(15(12)19-4-2)20-13-6-5-10(17)8-11(13)16/h5-6,8,12,14-15,18H,3-4,7,9H2,1-2H3. The molecule has 0 radical (unpaired) electrons. The van der Waals surface area contributed by atoms with Crippen molar-refractivity contribution in [2.24, 2.45) is 0 Å². The van der Waals surface area contributed by atoms with E-state index in [1.165, 1.54) is 12.1 Å². The highest BCUT2D eigenvalue weighted by Crippen LogP contribution is 2.33. The van der Waals surface area contributed by atoms with E-state index in [0.29, 0.717) is 22.9 Å². The molecule has 5 heteroatoms. The van der Waals surface area contributed by atoms with Gasteiger partial charge in [-0.15, -0.1) is 0 Å². The van der Waals surface area contributed by atoms with Crippen molar-refractivity contribution in [2.45, 2.75) is 44.9 Å². The summed E-state index contributed by atoms with van der Waals surface area (Å²) < 4.78 is 25.4. The Morgan fingerprint density at radius 3 is 2.85 bits per heavy atom. The highest BCUT2D eigenvalue weighted by Gasteiger charge is 2.43. The number of benzene rings is 1. The van der Waals surface area contributed by atoms with Crippen molar-refractivity contribution in [3.63, 3.8) is 0 Å². The van der Waals surface area contributed by atoms with Crippen molar-refractivity contribution in [1.29, 1.82) is 0 Å². The molecule has 0 heterocycles. The average Bonchev–Trinajstić information content (AvgIpc) is 2.41. The molecule has 1 aliphatic rings. The Bertz CT molecular complexity index is 444. The third-order valence-corrected chi connectivity index (χ3v) is 4.06. The Hall–Kier alpha value is -0.650. The molecule has 20 heavy (non-hydrogen) atoms. The maximum atomic E-state index is 13.1. The smallest absolute Gasteiger partial charge is 0.134 e. The predicted octanol–water partition coefficient (Wildman–Crippen LogP) is 3.51. The molecular formula is C15H21BrFNO2. The van der Waals surface area contributed by atoms with E-state index in [0.717, 1.165) is 19.4 Å². The zero-order chi connectivity index (χ0) is 14.5. The van der Waals surface area contributed by atoms with Crippen LogP contribution in [0.1, 0.15) is 26.7 Å². The topological polar surface area (TPSA) is 30.5 Å². The fourth-order valence-electron chi connectivity index (χ4n) is 2.38. The summed E-state index contributed by atoms with van der Waals surface area (Å²) in [6.45, 7) is 5.78. The Labute approximate surface area is 128 Å². The van der Waals surface area contributed by atoms with Crippen molar-refractivity contribution in [2.75, 3.05) is 13.2 Å². The molecule has 0 saturated heterocycles. The molecule has 2 rings (SSSR count). The van der Waals surface area contributed by atoms with Gasteiger partial charge in [-0.3, -0.25) is 0 Å². The van der Waals surface area contributed by atoms with Crippen LogP contribution in [0, 0.1) is 5.82 Å². The maximum Gasteiger partial charge on any atom is 0.134 e. The Morgan fingerprint density at radius 1 is 1.40 bits per heavy atom. The summed E-state index contributed by atoms with van der Waals surface area (Å²) in [5.74, 6) is 0.386. The number of halogens is 2. The second kappa shape index (κ2) is 7.38. The van der Waals surface area contributed by atoms with Crippen molar-refractivity contribution < 1.29 is 13.9 Å². The second-order valence-electron chi connectivity index (χ2n) is 4.95. The number of ether oxygens (including phenoxy) is 2. The first-order chi connectivity index (χ1) is 9.65. The molecule has 1 aliphatic carbocycles. The monoisotopic (exact) mass is 345 g/mol. The van der Waals surface area contributed by atoms with Gasteiger partial charge in [-0.05, 0) is 54.0 Å². The lowest BCUT2D eigenvalue weighted by Gasteiger charge is -2.44. The van der Waals surface area contributed by atoms with Gasteiger partial charge >= 0.3 is 0 Å². The van der Waals surface area contributed by atoms with Gasteiger partial charge in [0.15, 0.2) is 0 Å². The van der Waals surface area contributed by atoms with E-state index in [-0.39, 0.29) is 18.0 Å². The molecule has 112 valence electrons. The largest absolute Gasteiger partial charge is 0.486 e. The quantitative estimate of drug-likeness (QED) is 0.820. The van der Waals surface area contributed by atoms with Crippen molar-refractivity contribution in [3.8, 4) is 5.75 Å². The van der Waals surface area contributed by atoms with Gasteiger partial charge in [0.05, 0.1) is 4.47 Å². The van der Waals surface area contributed by atoms with Crippen LogP contribution in [-0.4, -0.2) is 31.4 Å². The SMILES string of the molecule is CCCNC1CC(Oc2ccc(F)cc2Br)C1OCC. The van der Waals surface area contributed by atoms with Crippen LogP contribution in [-0.2, 0) is 4.74 Å². The molecular weight excluding hydrogens is 325 g/mol.